The molecule has 2 N–H and O–H groups in total. The molecule has 2 aliphatic rings. The number of nitrogens with one attached hydrogen (secondary N) is 2. The predicted octanol–water partition coefficient (Wildman–Crippen LogP) is 1.53. The Morgan fingerprint density at radius 1 is 1.18 bits per heavy atom. The monoisotopic (exact) mass is 309 g/mol. The van der Waals surface area contributed by atoms with Crippen LogP contribution in [0.4, 0.5) is 0 Å². The Morgan fingerprint density at radius 2 is 1.86 bits per heavy atom. The Kier molecular flexibility index (Phi) is 5.15. The molecule has 0 spiro atoms. The molecule has 2 amide bonds. The average molecular weight is 309 g/mol. The molecule has 1 saturated carbocycles. The number of hydrogen-bond donors (Lipinski definition) is 2. The molecule has 126 valence electrons. The number of fused-ring (bicyclic) bond motifs is 1. The van der Waals surface area contributed by atoms with Crippen LogP contribution in [0.25, 0.3) is 0 Å². The molecule has 1 aliphatic heterocycles. The van der Waals surface area contributed by atoms with E-state index in [0.717, 1.165) is 19.4 Å². The number of hydrogen-bond acceptors (Lipinski definition) is 3. The van der Waals surface area contributed by atoms with Gasteiger partial charge in [0.15, 0.2) is 0 Å². The van der Waals surface area contributed by atoms with E-state index in [1.807, 2.05) is 32.6 Å². The smallest absolute Gasteiger partial charge is 0.245 e. The molecule has 5 heteroatoms. The highest BCUT2D eigenvalue weighted by Gasteiger charge is 2.44. The second kappa shape index (κ2) is 6.57. The highest BCUT2D eigenvalue weighted by molar-refractivity contribution is 5.90. The van der Waals surface area contributed by atoms with E-state index in [1.54, 1.807) is 7.05 Å². The predicted molar refractivity (Wildman–Crippen MR) is 87.4 cm³/mol. The van der Waals surface area contributed by atoms with Gasteiger partial charge in [0.2, 0.25) is 11.8 Å². The minimum absolute atomic E-state index is 0.0959. The van der Waals surface area contributed by atoms with Gasteiger partial charge in [0.1, 0.15) is 6.04 Å². The molecule has 0 aromatic carbocycles. The molecule has 1 aliphatic carbocycles. The van der Waals surface area contributed by atoms with E-state index >= 15 is 0 Å². The molecule has 2 fully saturated rings. The lowest BCUT2D eigenvalue weighted by molar-refractivity contribution is -0.140. The third-order valence-corrected chi connectivity index (χ3v) is 5.27. The zero-order chi connectivity index (χ0) is 16.5. The summed E-state index contributed by atoms with van der Waals surface area (Å²) in [7, 11) is 1.75. The van der Waals surface area contributed by atoms with Crippen molar-refractivity contribution in [1.29, 1.82) is 0 Å². The van der Waals surface area contributed by atoms with E-state index in [9.17, 15) is 9.59 Å². The molecule has 0 aromatic heterocycles. The molecular weight excluding hydrogens is 278 g/mol. The molecule has 1 heterocycles. The summed E-state index contributed by atoms with van der Waals surface area (Å²) in [5.74, 6) is 0.660. The van der Waals surface area contributed by atoms with E-state index in [-0.39, 0.29) is 23.3 Å². The number of carbonyl (C=O) groups excluding carboxylic acids is 2. The first kappa shape index (κ1) is 17.3. The molecule has 22 heavy (non-hydrogen) atoms. The van der Waals surface area contributed by atoms with Crippen molar-refractivity contribution in [1.82, 2.24) is 15.5 Å². The minimum Gasteiger partial charge on any atom is -0.342 e. The van der Waals surface area contributed by atoms with Crippen LogP contribution in [-0.4, -0.2) is 48.4 Å². The highest BCUT2D eigenvalue weighted by atomic mass is 16.2. The van der Waals surface area contributed by atoms with Crippen LogP contribution in [0.3, 0.4) is 0 Å². The van der Waals surface area contributed by atoms with Gasteiger partial charge in [0, 0.05) is 12.6 Å². The number of carbonyl (C=O) groups is 2. The molecule has 0 unspecified atom stereocenters. The van der Waals surface area contributed by atoms with Crippen molar-refractivity contribution in [3.63, 3.8) is 0 Å². The van der Waals surface area contributed by atoms with Crippen LogP contribution >= 0.6 is 0 Å². The van der Waals surface area contributed by atoms with Gasteiger partial charge in [-0.25, -0.2) is 0 Å². The van der Waals surface area contributed by atoms with Crippen molar-refractivity contribution in [3.05, 3.63) is 0 Å². The van der Waals surface area contributed by atoms with Gasteiger partial charge in [-0.15, -0.1) is 0 Å². The average Bonchev–Trinajstić information content (AvgIpc) is 3.04. The maximum absolute atomic E-state index is 13.1. The van der Waals surface area contributed by atoms with Gasteiger partial charge in [-0.1, -0.05) is 27.2 Å². The van der Waals surface area contributed by atoms with Gasteiger partial charge in [-0.2, -0.15) is 0 Å². The summed E-state index contributed by atoms with van der Waals surface area (Å²) >= 11 is 0. The first-order valence-electron chi connectivity index (χ1n) is 8.54. The molecule has 5 nitrogen and oxygen atoms in total. The van der Waals surface area contributed by atoms with E-state index < -0.39 is 6.04 Å². The fraction of sp³-hybridized carbons (Fsp3) is 0.882. The van der Waals surface area contributed by atoms with E-state index in [1.165, 1.54) is 12.8 Å². The van der Waals surface area contributed by atoms with Gasteiger partial charge >= 0.3 is 0 Å². The molecule has 0 radical (unpaired) electrons. The third-order valence-electron chi connectivity index (χ3n) is 5.27. The topological polar surface area (TPSA) is 61.4 Å². The van der Waals surface area contributed by atoms with Gasteiger partial charge < -0.3 is 15.5 Å². The van der Waals surface area contributed by atoms with Crippen molar-refractivity contribution in [2.45, 2.75) is 71.5 Å². The first-order chi connectivity index (χ1) is 10.3. The van der Waals surface area contributed by atoms with E-state index in [2.05, 4.69) is 10.6 Å². The Hall–Kier alpha value is -1.10. The highest BCUT2D eigenvalue weighted by Crippen LogP contribution is 2.38. The minimum atomic E-state index is -0.463. The number of likely N-dealkylation sites (tertiary alicyclic amines) is 1. The van der Waals surface area contributed by atoms with Crippen LogP contribution in [0.2, 0.25) is 0 Å². The second-order valence-electron chi connectivity index (χ2n) is 7.90. The molecule has 4 atom stereocenters. The number of amides is 2. The third kappa shape index (κ3) is 3.45. The van der Waals surface area contributed by atoms with Crippen molar-refractivity contribution < 1.29 is 9.59 Å². The molecule has 2 rings (SSSR count). The fourth-order valence-electron chi connectivity index (χ4n) is 3.72. The Labute approximate surface area is 134 Å². The van der Waals surface area contributed by atoms with Crippen molar-refractivity contribution in [3.8, 4) is 0 Å². The number of nitrogens with zero attached hydrogens (tertiary/aromatic N) is 1. The van der Waals surface area contributed by atoms with Crippen LogP contribution < -0.4 is 10.6 Å². The van der Waals surface area contributed by atoms with Crippen molar-refractivity contribution >= 4 is 11.8 Å². The first-order valence-corrected chi connectivity index (χ1v) is 8.54. The summed E-state index contributed by atoms with van der Waals surface area (Å²) in [6, 6.07) is -0.360. The molecular formula is C17H31N3O2. The normalized spacial score (nSPS) is 27.4. The van der Waals surface area contributed by atoms with Crippen molar-refractivity contribution in [2.75, 3.05) is 13.6 Å². The quantitative estimate of drug-likeness (QED) is 0.828. The van der Waals surface area contributed by atoms with Gasteiger partial charge in [0.25, 0.3) is 0 Å². The summed E-state index contributed by atoms with van der Waals surface area (Å²) in [5.41, 5.74) is -0.295. The fourth-order valence-corrected chi connectivity index (χ4v) is 3.72. The maximum atomic E-state index is 13.1. The summed E-state index contributed by atoms with van der Waals surface area (Å²) in [5, 5.41) is 5.90. The molecule has 1 saturated heterocycles. The number of likely N-dealkylation sites (N-methyl/N-ethyl adjacent to an activating group) is 1. The van der Waals surface area contributed by atoms with Gasteiger partial charge in [-0.05, 0) is 44.6 Å². The van der Waals surface area contributed by atoms with Crippen LogP contribution in [0.1, 0.15) is 53.4 Å². The standard InChI is InChI=1S/C17H31N3O2/c1-11(18-5)15(21)19-14(17(2,3)4)16(22)20-10-9-12-7-6-8-13(12)20/h11-14,18H,6-10H2,1-5H3,(H,19,21)/t11-,12+,13+,14+/m0/s1. The second-order valence-corrected chi connectivity index (χ2v) is 7.90. The Bertz CT molecular complexity index is 430. The lowest BCUT2D eigenvalue weighted by atomic mass is 9.85. The maximum Gasteiger partial charge on any atom is 0.245 e. The summed E-state index contributed by atoms with van der Waals surface area (Å²) < 4.78 is 0. The lowest BCUT2D eigenvalue weighted by Gasteiger charge is -2.36. The van der Waals surface area contributed by atoms with Crippen LogP contribution in [-0.2, 0) is 9.59 Å². The van der Waals surface area contributed by atoms with Crippen molar-refractivity contribution in [2.24, 2.45) is 11.3 Å². The zero-order valence-electron chi connectivity index (χ0n) is 14.6. The zero-order valence-corrected chi connectivity index (χ0v) is 14.6. The van der Waals surface area contributed by atoms with E-state index in [0.29, 0.717) is 12.0 Å². The Morgan fingerprint density at radius 3 is 2.45 bits per heavy atom. The molecule has 0 bridgehead atoms. The Balaban J connectivity index is 2.12. The van der Waals surface area contributed by atoms with Crippen LogP contribution in [0.5, 0.6) is 0 Å². The molecule has 0 aromatic rings. The summed E-state index contributed by atoms with van der Waals surface area (Å²) in [6.07, 6.45) is 4.71. The van der Waals surface area contributed by atoms with Gasteiger partial charge in [-0.3, -0.25) is 9.59 Å². The largest absolute Gasteiger partial charge is 0.342 e. The number of rotatable bonds is 4. The van der Waals surface area contributed by atoms with Gasteiger partial charge in [0.05, 0.1) is 6.04 Å². The van der Waals surface area contributed by atoms with Crippen LogP contribution in [0.15, 0.2) is 0 Å². The van der Waals surface area contributed by atoms with E-state index in [4.69, 9.17) is 0 Å². The summed E-state index contributed by atoms with van der Waals surface area (Å²) in [4.78, 5) is 27.3. The summed E-state index contributed by atoms with van der Waals surface area (Å²) in [6.45, 7) is 8.70. The SMILES string of the molecule is CN[C@@H](C)C(=O)N[C@H](C(=O)N1CC[C@H]2CCC[C@H]21)C(C)(C)C. The lowest BCUT2D eigenvalue weighted by Crippen LogP contribution is -2.58. The van der Waals surface area contributed by atoms with Crippen LogP contribution in [0, 0.1) is 11.3 Å².